The van der Waals surface area contributed by atoms with Crippen molar-refractivity contribution in [2.75, 3.05) is 13.2 Å². The first-order valence-corrected chi connectivity index (χ1v) is 7.40. The van der Waals surface area contributed by atoms with Gasteiger partial charge in [-0.05, 0) is 29.3 Å². The average Bonchev–Trinajstić information content (AvgIpc) is 3.24. The van der Waals surface area contributed by atoms with Crippen LogP contribution in [0, 0.1) is 0 Å². The molecule has 1 aliphatic heterocycles. The van der Waals surface area contributed by atoms with Crippen LogP contribution in [0.1, 0.15) is 24.1 Å². The van der Waals surface area contributed by atoms with Crippen molar-refractivity contribution in [1.29, 1.82) is 0 Å². The van der Waals surface area contributed by atoms with E-state index in [1.54, 1.807) is 0 Å². The minimum absolute atomic E-state index is 0.248. The fourth-order valence-electron chi connectivity index (χ4n) is 2.63. The minimum atomic E-state index is 0.248. The second-order valence-corrected chi connectivity index (χ2v) is 5.40. The molecule has 1 fully saturated rings. The maximum Gasteiger partial charge on any atom is 0.264 e. The first-order chi connectivity index (χ1) is 10.9. The number of hydrogen-bond donors (Lipinski definition) is 0. The van der Waals surface area contributed by atoms with E-state index < -0.39 is 0 Å². The third kappa shape index (κ3) is 2.67. The molecule has 1 aromatic heterocycles. The smallest absolute Gasteiger partial charge is 0.264 e. The number of rotatable bonds is 4. The molecule has 1 aliphatic rings. The molecule has 0 radical (unpaired) electrons. The highest BCUT2D eigenvalue weighted by Gasteiger charge is 2.23. The Hall–Kier alpha value is -2.40. The Morgan fingerprint density at radius 3 is 2.91 bits per heavy atom. The summed E-state index contributed by atoms with van der Waals surface area (Å²) in [5.41, 5.74) is 0. The lowest BCUT2D eigenvalue weighted by Gasteiger charge is -2.04. The van der Waals surface area contributed by atoms with Gasteiger partial charge in [0.15, 0.2) is 12.4 Å². The molecule has 1 saturated heterocycles. The Kier molecular flexibility index (Phi) is 3.48. The third-order valence-electron chi connectivity index (χ3n) is 3.86. The normalized spacial score (nSPS) is 17.9. The van der Waals surface area contributed by atoms with Crippen LogP contribution >= 0.6 is 0 Å². The van der Waals surface area contributed by atoms with Crippen LogP contribution in [0.4, 0.5) is 0 Å². The summed E-state index contributed by atoms with van der Waals surface area (Å²) in [5, 5.41) is 6.35. The molecular formula is C17H16N2O3. The van der Waals surface area contributed by atoms with E-state index >= 15 is 0 Å². The molecule has 0 N–H and O–H groups in total. The second-order valence-electron chi connectivity index (χ2n) is 5.40. The van der Waals surface area contributed by atoms with Crippen LogP contribution in [-0.2, 0) is 11.3 Å². The van der Waals surface area contributed by atoms with Crippen molar-refractivity contribution in [2.45, 2.75) is 18.9 Å². The largest absolute Gasteiger partial charge is 0.484 e. The zero-order valence-electron chi connectivity index (χ0n) is 12.1. The highest BCUT2D eigenvalue weighted by atomic mass is 16.5. The lowest BCUT2D eigenvalue weighted by Crippen LogP contribution is -2.01. The lowest BCUT2D eigenvalue weighted by molar-refractivity contribution is 0.192. The molecule has 4 rings (SSSR count). The van der Waals surface area contributed by atoms with Crippen LogP contribution in [0.3, 0.4) is 0 Å². The van der Waals surface area contributed by atoms with E-state index in [1.807, 2.05) is 30.3 Å². The number of ether oxygens (including phenoxy) is 2. The summed E-state index contributed by atoms with van der Waals surface area (Å²) in [6.07, 6.45) is 0.949. The van der Waals surface area contributed by atoms with Gasteiger partial charge in [-0.25, -0.2) is 0 Å². The van der Waals surface area contributed by atoms with Crippen LogP contribution in [0.25, 0.3) is 10.8 Å². The summed E-state index contributed by atoms with van der Waals surface area (Å²) in [6.45, 7) is 1.71. The highest BCUT2D eigenvalue weighted by Crippen LogP contribution is 2.24. The van der Waals surface area contributed by atoms with Gasteiger partial charge in [-0.3, -0.25) is 0 Å². The average molecular weight is 296 g/mol. The van der Waals surface area contributed by atoms with E-state index in [-0.39, 0.29) is 12.5 Å². The van der Waals surface area contributed by atoms with Gasteiger partial charge in [-0.15, -0.1) is 0 Å². The van der Waals surface area contributed by atoms with E-state index in [4.69, 9.17) is 14.0 Å². The topological polar surface area (TPSA) is 57.4 Å². The van der Waals surface area contributed by atoms with Crippen molar-refractivity contribution in [2.24, 2.45) is 0 Å². The number of fused-ring (bicyclic) bond motifs is 1. The van der Waals surface area contributed by atoms with E-state index in [0.29, 0.717) is 12.5 Å². The first kappa shape index (κ1) is 13.3. The van der Waals surface area contributed by atoms with Crippen molar-refractivity contribution in [1.82, 2.24) is 10.1 Å². The molecule has 3 aromatic rings. The molecule has 1 atom stereocenters. The fourth-order valence-corrected chi connectivity index (χ4v) is 2.63. The van der Waals surface area contributed by atoms with Crippen LogP contribution in [0.2, 0.25) is 0 Å². The Labute approximate surface area is 127 Å². The van der Waals surface area contributed by atoms with Gasteiger partial charge in [-0.2, -0.15) is 4.98 Å². The Morgan fingerprint density at radius 2 is 2.05 bits per heavy atom. The Bertz CT molecular complexity index is 778. The van der Waals surface area contributed by atoms with E-state index in [0.717, 1.165) is 30.0 Å². The molecule has 0 saturated carbocycles. The minimum Gasteiger partial charge on any atom is -0.484 e. The summed E-state index contributed by atoms with van der Waals surface area (Å²) >= 11 is 0. The monoisotopic (exact) mass is 296 g/mol. The summed E-state index contributed by atoms with van der Waals surface area (Å²) in [7, 11) is 0. The molecule has 22 heavy (non-hydrogen) atoms. The number of benzene rings is 2. The van der Waals surface area contributed by atoms with E-state index in [1.165, 1.54) is 5.39 Å². The molecule has 0 unspecified atom stereocenters. The van der Waals surface area contributed by atoms with Crippen LogP contribution in [-0.4, -0.2) is 23.4 Å². The van der Waals surface area contributed by atoms with Crippen molar-refractivity contribution < 1.29 is 14.0 Å². The quantitative estimate of drug-likeness (QED) is 0.739. The molecule has 112 valence electrons. The molecule has 0 aliphatic carbocycles. The van der Waals surface area contributed by atoms with Crippen molar-refractivity contribution >= 4 is 10.8 Å². The van der Waals surface area contributed by atoms with Crippen LogP contribution < -0.4 is 4.74 Å². The van der Waals surface area contributed by atoms with Gasteiger partial charge in [0.1, 0.15) is 5.75 Å². The van der Waals surface area contributed by atoms with Gasteiger partial charge in [-0.1, -0.05) is 35.5 Å². The van der Waals surface area contributed by atoms with Crippen LogP contribution in [0.5, 0.6) is 5.75 Å². The summed E-state index contributed by atoms with van der Waals surface area (Å²) in [6, 6.07) is 14.2. The van der Waals surface area contributed by atoms with Crippen LogP contribution in [0.15, 0.2) is 47.0 Å². The highest BCUT2D eigenvalue weighted by molar-refractivity contribution is 5.83. The van der Waals surface area contributed by atoms with Gasteiger partial charge in [0.05, 0.1) is 6.61 Å². The summed E-state index contributed by atoms with van der Waals surface area (Å²) in [4.78, 5) is 4.39. The number of hydrogen-bond acceptors (Lipinski definition) is 5. The summed E-state index contributed by atoms with van der Waals surface area (Å²) < 4.78 is 16.3. The molecule has 0 spiro atoms. The molecule has 2 aromatic carbocycles. The standard InChI is InChI=1S/C17H16N2O3/c1-2-4-13-9-15(6-5-12(13)3-1)21-11-16-18-17(19-22-16)14-7-8-20-10-14/h1-6,9,14H,7-8,10-11H2/t14-/m0/s1. The SMILES string of the molecule is c1ccc2cc(OCc3nc([C@H]4CCOC4)no3)ccc2c1. The Balaban J connectivity index is 1.44. The Morgan fingerprint density at radius 1 is 1.14 bits per heavy atom. The molecule has 0 amide bonds. The molecule has 2 heterocycles. The second kappa shape index (κ2) is 5.77. The van der Waals surface area contributed by atoms with Gasteiger partial charge < -0.3 is 14.0 Å². The van der Waals surface area contributed by atoms with Gasteiger partial charge in [0.2, 0.25) is 0 Å². The predicted octanol–water partition coefficient (Wildman–Crippen LogP) is 3.31. The van der Waals surface area contributed by atoms with Gasteiger partial charge in [0, 0.05) is 12.5 Å². The number of nitrogens with zero attached hydrogens (tertiary/aromatic N) is 2. The van der Waals surface area contributed by atoms with Crippen molar-refractivity contribution in [3.8, 4) is 5.75 Å². The number of aromatic nitrogens is 2. The van der Waals surface area contributed by atoms with Gasteiger partial charge >= 0.3 is 0 Å². The fraction of sp³-hybridized carbons (Fsp3) is 0.294. The van der Waals surface area contributed by atoms with E-state index in [9.17, 15) is 0 Å². The molecular weight excluding hydrogens is 280 g/mol. The first-order valence-electron chi connectivity index (χ1n) is 7.40. The predicted molar refractivity (Wildman–Crippen MR) is 80.8 cm³/mol. The molecule has 5 heteroatoms. The van der Waals surface area contributed by atoms with Crippen molar-refractivity contribution in [3.63, 3.8) is 0 Å². The van der Waals surface area contributed by atoms with Gasteiger partial charge in [0.25, 0.3) is 5.89 Å². The zero-order chi connectivity index (χ0) is 14.8. The maximum absolute atomic E-state index is 5.75. The zero-order valence-corrected chi connectivity index (χ0v) is 12.1. The maximum atomic E-state index is 5.75. The molecule has 0 bridgehead atoms. The molecule has 5 nitrogen and oxygen atoms in total. The van der Waals surface area contributed by atoms with Crippen molar-refractivity contribution in [3.05, 3.63) is 54.2 Å². The lowest BCUT2D eigenvalue weighted by atomic mass is 10.1. The summed E-state index contributed by atoms with van der Waals surface area (Å²) in [5.74, 6) is 2.26. The third-order valence-corrected chi connectivity index (χ3v) is 3.86. The van der Waals surface area contributed by atoms with E-state index in [2.05, 4.69) is 22.3 Å².